The van der Waals surface area contributed by atoms with Crippen molar-refractivity contribution in [1.82, 2.24) is 0 Å². The van der Waals surface area contributed by atoms with E-state index in [2.05, 4.69) is 4.74 Å². The summed E-state index contributed by atoms with van der Waals surface area (Å²) in [5.41, 5.74) is 0. The second kappa shape index (κ2) is 7.94. The van der Waals surface area contributed by atoms with E-state index in [9.17, 15) is 0 Å². The van der Waals surface area contributed by atoms with Crippen molar-refractivity contribution in [3.8, 4) is 0 Å². The second-order valence-electron chi connectivity index (χ2n) is 2.33. The zero-order valence-electron chi connectivity index (χ0n) is 6.82. The lowest BCUT2D eigenvalue weighted by molar-refractivity contribution is -0.0382. The highest BCUT2D eigenvalue weighted by molar-refractivity contribution is 4.53. The minimum Gasteiger partial charge on any atom is -0.396 e. The lowest BCUT2D eigenvalue weighted by Gasteiger charge is -2.09. The monoisotopic (exact) mass is 164 g/mol. The van der Waals surface area contributed by atoms with Gasteiger partial charge in [0, 0.05) is 32.8 Å². The molecule has 0 rings (SSSR count). The van der Waals surface area contributed by atoms with Gasteiger partial charge in [-0.1, -0.05) is 0 Å². The Bertz CT molecular complexity index is 72.8. The maximum Gasteiger partial charge on any atom is 0.146 e. The van der Waals surface area contributed by atoms with Gasteiger partial charge in [-0.3, -0.25) is 0 Å². The van der Waals surface area contributed by atoms with E-state index >= 15 is 0 Å². The van der Waals surface area contributed by atoms with Crippen LogP contribution in [0, 0.1) is 5.92 Å². The fourth-order valence-electron chi connectivity index (χ4n) is 0.633. The molecule has 68 valence electrons. The SMILES string of the molecule is COCOCCC(CO)CO. The lowest BCUT2D eigenvalue weighted by atomic mass is 10.1. The topological polar surface area (TPSA) is 58.9 Å². The molecule has 0 aliphatic heterocycles. The van der Waals surface area contributed by atoms with Crippen molar-refractivity contribution in [2.24, 2.45) is 5.92 Å². The molecule has 0 radical (unpaired) electrons. The van der Waals surface area contributed by atoms with Gasteiger partial charge in [-0.15, -0.1) is 0 Å². The van der Waals surface area contributed by atoms with Gasteiger partial charge in [0.1, 0.15) is 6.79 Å². The molecule has 0 aliphatic carbocycles. The minimum atomic E-state index is -0.0631. The van der Waals surface area contributed by atoms with Gasteiger partial charge in [0.2, 0.25) is 0 Å². The van der Waals surface area contributed by atoms with Crippen LogP contribution in [0.2, 0.25) is 0 Å². The highest BCUT2D eigenvalue weighted by Crippen LogP contribution is 2.00. The predicted molar refractivity (Wildman–Crippen MR) is 40.1 cm³/mol. The van der Waals surface area contributed by atoms with Crippen LogP contribution in [-0.4, -0.2) is 43.9 Å². The number of aliphatic hydroxyl groups excluding tert-OH is 2. The number of aliphatic hydroxyl groups is 2. The quantitative estimate of drug-likeness (QED) is 0.397. The Morgan fingerprint density at radius 1 is 1.27 bits per heavy atom. The maximum atomic E-state index is 8.64. The van der Waals surface area contributed by atoms with E-state index in [1.807, 2.05) is 0 Å². The number of methoxy groups -OCH3 is 1. The summed E-state index contributed by atoms with van der Waals surface area (Å²) in [4.78, 5) is 0. The molecular weight excluding hydrogens is 148 g/mol. The van der Waals surface area contributed by atoms with Crippen LogP contribution in [0.5, 0.6) is 0 Å². The Morgan fingerprint density at radius 3 is 2.36 bits per heavy atom. The first-order valence-corrected chi connectivity index (χ1v) is 3.63. The summed E-state index contributed by atoms with van der Waals surface area (Å²) < 4.78 is 9.62. The normalized spacial score (nSPS) is 10.9. The molecule has 2 N–H and O–H groups in total. The molecule has 0 heterocycles. The van der Waals surface area contributed by atoms with Gasteiger partial charge in [0.25, 0.3) is 0 Å². The van der Waals surface area contributed by atoms with Gasteiger partial charge >= 0.3 is 0 Å². The number of ether oxygens (including phenoxy) is 2. The van der Waals surface area contributed by atoms with E-state index in [1.165, 1.54) is 0 Å². The summed E-state index contributed by atoms with van der Waals surface area (Å²) in [5, 5.41) is 17.3. The average molecular weight is 164 g/mol. The van der Waals surface area contributed by atoms with Crippen molar-refractivity contribution in [3.05, 3.63) is 0 Å². The van der Waals surface area contributed by atoms with E-state index in [0.717, 1.165) is 0 Å². The highest BCUT2D eigenvalue weighted by Gasteiger charge is 2.04. The third-order valence-corrected chi connectivity index (χ3v) is 1.39. The summed E-state index contributed by atoms with van der Waals surface area (Å²) in [7, 11) is 1.55. The molecule has 0 bridgehead atoms. The number of hydrogen-bond acceptors (Lipinski definition) is 4. The third kappa shape index (κ3) is 6.25. The molecule has 0 amide bonds. The largest absolute Gasteiger partial charge is 0.396 e. The van der Waals surface area contributed by atoms with Gasteiger partial charge in [-0.05, 0) is 6.42 Å². The molecule has 4 heteroatoms. The minimum absolute atomic E-state index is 0.00679. The molecule has 0 aromatic heterocycles. The second-order valence-corrected chi connectivity index (χ2v) is 2.33. The molecule has 0 saturated carbocycles. The van der Waals surface area contributed by atoms with Crippen LogP contribution in [-0.2, 0) is 9.47 Å². The van der Waals surface area contributed by atoms with E-state index in [4.69, 9.17) is 14.9 Å². The molecule has 0 aromatic rings. The molecular formula is C7H16O4. The van der Waals surface area contributed by atoms with Gasteiger partial charge in [0.15, 0.2) is 0 Å². The van der Waals surface area contributed by atoms with Crippen molar-refractivity contribution >= 4 is 0 Å². The summed E-state index contributed by atoms with van der Waals surface area (Å²) in [6, 6.07) is 0. The maximum absolute atomic E-state index is 8.64. The van der Waals surface area contributed by atoms with Crippen LogP contribution in [0.4, 0.5) is 0 Å². The van der Waals surface area contributed by atoms with Crippen molar-refractivity contribution in [2.75, 3.05) is 33.7 Å². The Kier molecular flexibility index (Phi) is 7.83. The van der Waals surface area contributed by atoms with Crippen LogP contribution >= 0.6 is 0 Å². The van der Waals surface area contributed by atoms with Crippen molar-refractivity contribution < 1.29 is 19.7 Å². The Balaban J connectivity index is 3.07. The first-order chi connectivity index (χ1) is 5.35. The van der Waals surface area contributed by atoms with Gasteiger partial charge < -0.3 is 19.7 Å². The van der Waals surface area contributed by atoms with Gasteiger partial charge in [0.05, 0.1) is 0 Å². The summed E-state index contributed by atoms with van der Waals surface area (Å²) in [6.45, 7) is 0.795. The zero-order chi connectivity index (χ0) is 8.53. The van der Waals surface area contributed by atoms with Gasteiger partial charge in [-0.2, -0.15) is 0 Å². The van der Waals surface area contributed by atoms with E-state index in [-0.39, 0.29) is 25.9 Å². The van der Waals surface area contributed by atoms with Crippen LogP contribution in [0.15, 0.2) is 0 Å². The van der Waals surface area contributed by atoms with Crippen LogP contribution in [0.25, 0.3) is 0 Å². The molecule has 0 aliphatic rings. The fourth-order valence-corrected chi connectivity index (χ4v) is 0.633. The zero-order valence-corrected chi connectivity index (χ0v) is 6.82. The predicted octanol–water partition coefficient (Wildman–Crippen LogP) is -0.402. The first-order valence-electron chi connectivity index (χ1n) is 3.63. The van der Waals surface area contributed by atoms with E-state index in [1.54, 1.807) is 7.11 Å². The molecule has 0 aromatic carbocycles. The lowest BCUT2D eigenvalue weighted by Crippen LogP contribution is -2.14. The third-order valence-electron chi connectivity index (χ3n) is 1.39. The van der Waals surface area contributed by atoms with Crippen molar-refractivity contribution in [1.29, 1.82) is 0 Å². The molecule has 4 nitrogen and oxygen atoms in total. The Morgan fingerprint density at radius 2 is 1.91 bits per heavy atom. The molecule has 0 spiro atoms. The molecule has 0 unspecified atom stereocenters. The fraction of sp³-hybridized carbons (Fsp3) is 1.00. The van der Waals surface area contributed by atoms with E-state index < -0.39 is 0 Å². The summed E-state index contributed by atoms with van der Waals surface area (Å²) in [6.07, 6.45) is 0.663. The summed E-state index contributed by atoms with van der Waals surface area (Å²) in [5.74, 6) is -0.0631. The molecule has 0 atom stereocenters. The van der Waals surface area contributed by atoms with E-state index in [0.29, 0.717) is 13.0 Å². The highest BCUT2D eigenvalue weighted by atomic mass is 16.7. The van der Waals surface area contributed by atoms with Crippen molar-refractivity contribution in [3.63, 3.8) is 0 Å². The first kappa shape index (κ1) is 10.8. The van der Waals surface area contributed by atoms with Crippen LogP contribution < -0.4 is 0 Å². The summed E-state index contributed by atoms with van der Waals surface area (Å²) >= 11 is 0. The standard InChI is InChI=1S/C7H16O4/c1-10-6-11-3-2-7(4-8)5-9/h7-9H,2-6H2,1H3. The van der Waals surface area contributed by atoms with Crippen LogP contribution in [0.1, 0.15) is 6.42 Å². The number of hydrogen-bond donors (Lipinski definition) is 2. The molecule has 0 saturated heterocycles. The van der Waals surface area contributed by atoms with Gasteiger partial charge in [-0.25, -0.2) is 0 Å². The number of rotatable bonds is 7. The smallest absolute Gasteiger partial charge is 0.146 e. The Labute approximate surface area is 66.7 Å². The van der Waals surface area contributed by atoms with Crippen molar-refractivity contribution in [2.45, 2.75) is 6.42 Å². The van der Waals surface area contributed by atoms with Crippen LogP contribution in [0.3, 0.4) is 0 Å². The Hall–Kier alpha value is -0.160. The average Bonchev–Trinajstić information content (AvgIpc) is 2.05. The molecule has 0 fully saturated rings. The molecule has 11 heavy (non-hydrogen) atoms.